The van der Waals surface area contributed by atoms with Gasteiger partial charge in [-0.1, -0.05) is 62.4 Å². The smallest absolute Gasteiger partial charge is 0.337 e. The van der Waals surface area contributed by atoms with Gasteiger partial charge >= 0.3 is 5.97 Å². The summed E-state index contributed by atoms with van der Waals surface area (Å²) in [6, 6.07) is 21.6. The fourth-order valence-corrected chi connectivity index (χ4v) is 6.12. The molecule has 1 atom stereocenters. The van der Waals surface area contributed by atoms with Crippen LogP contribution in [-0.2, 0) is 16.1 Å². The van der Waals surface area contributed by atoms with Crippen molar-refractivity contribution in [3.8, 4) is 11.1 Å². The van der Waals surface area contributed by atoms with Crippen molar-refractivity contribution in [3.05, 3.63) is 84.7 Å². The van der Waals surface area contributed by atoms with E-state index < -0.39 is 0 Å². The van der Waals surface area contributed by atoms with Crippen LogP contribution in [0.1, 0.15) is 68.1 Å². The Bertz CT molecular complexity index is 1400. The van der Waals surface area contributed by atoms with Crippen molar-refractivity contribution in [1.29, 1.82) is 0 Å². The highest BCUT2D eigenvalue weighted by Crippen LogP contribution is 2.34. The van der Waals surface area contributed by atoms with E-state index in [4.69, 9.17) is 9.72 Å². The second kappa shape index (κ2) is 13.4. The fraction of sp³-hybridized carbons (Fsp3) is 0.382. The van der Waals surface area contributed by atoms with Gasteiger partial charge in [-0.2, -0.15) is 0 Å². The summed E-state index contributed by atoms with van der Waals surface area (Å²) in [5.41, 5.74) is 4.61. The second-order valence-corrected chi connectivity index (χ2v) is 10.9. The maximum absolute atomic E-state index is 13.6. The molecule has 1 amide bonds. The van der Waals surface area contributed by atoms with Crippen molar-refractivity contribution in [2.75, 3.05) is 12.4 Å². The molecule has 2 aromatic carbocycles. The number of carbonyl (C=O) groups is 2. The highest BCUT2D eigenvalue weighted by atomic mass is 16.5. The summed E-state index contributed by atoms with van der Waals surface area (Å²) < 4.78 is 7.05. The molecule has 2 heterocycles. The summed E-state index contributed by atoms with van der Waals surface area (Å²) in [5, 5.41) is 4.31. The number of carbonyl (C=O) groups excluding carboxylic acids is 2. The van der Waals surface area contributed by atoms with E-state index in [0.29, 0.717) is 11.5 Å². The van der Waals surface area contributed by atoms with Gasteiger partial charge in [0.1, 0.15) is 5.65 Å². The normalized spacial score (nSPS) is 14.9. The lowest BCUT2D eigenvalue weighted by molar-refractivity contribution is -0.122. The number of aromatic nitrogens is 2. The largest absolute Gasteiger partial charge is 0.465 e. The minimum atomic E-state index is -0.379. The van der Waals surface area contributed by atoms with E-state index in [2.05, 4.69) is 46.4 Å². The Kier molecular flexibility index (Phi) is 9.27. The molecule has 0 bridgehead atoms. The minimum Gasteiger partial charge on any atom is -0.465 e. The number of aryl methyl sites for hydroxylation is 1. The third-order valence-electron chi connectivity index (χ3n) is 8.26. The van der Waals surface area contributed by atoms with Crippen molar-refractivity contribution in [3.63, 3.8) is 0 Å². The number of pyridine rings is 1. The lowest BCUT2D eigenvalue weighted by Crippen LogP contribution is -2.29. The lowest BCUT2D eigenvalue weighted by atomic mass is 9.82. The number of esters is 1. The van der Waals surface area contributed by atoms with Gasteiger partial charge in [-0.25, -0.2) is 9.78 Å². The number of amides is 1. The molecule has 4 aromatic rings. The van der Waals surface area contributed by atoms with Crippen LogP contribution in [-0.4, -0.2) is 28.5 Å². The molecule has 0 aliphatic heterocycles. The third-order valence-corrected chi connectivity index (χ3v) is 8.26. The van der Waals surface area contributed by atoms with Crippen molar-refractivity contribution in [2.24, 2.45) is 11.8 Å². The zero-order valence-corrected chi connectivity index (χ0v) is 23.4. The number of fused-ring (bicyclic) bond motifs is 1. The molecule has 208 valence electrons. The van der Waals surface area contributed by atoms with Crippen LogP contribution in [0.15, 0.2) is 79.1 Å². The molecule has 1 aliphatic rings. The average molecular weight is 538 g/mol. The first-order valence-corrected chi connectivity index (χ1v) is 14.6. The molecule has 1 fully saturated rings. The lowest BCUT2D eigenvalue weighted by Gasteiger charge is -2.25. The van der Waals surface area contributed by atoms with Gasteiger partial charge in [-0.15, -0.1) is 0 Å². The standard InChI is InChI=1S/C34H39N3O3/c1-40-34(39)27-18-20-28(21-19-27)36-33(38)29(25-12-5-2-3-6-13-25)16-9-10-23-37-24-31(26-14-7-4-8-15-26)30-17-11-22-35-32(30)37/h4,7-8,11,14-15,17-22,24-25,29H,2-3,5-6,9-10,12-13,16,23H2,1H3,(H,36,38). The predicted octanol–water partition coefficient (Wildman–Crippen LogP) is 7.89. The molecule has 6 heteroatoms. The van der Waals surface area contributed by atoms with E-state index in [0.717, 1.165) is 50.0 Å². The molecule has 2 aromatic heterocycles. The molecule has 1 saturated carbocycles. The van der Waals surface area contributed by atoms with Crippen LogP contribution in [0.5, 0.6) is 0 Å². The molecule has 40 heavy (non-hydrogen) atoms. The Morgan fingerprint density at radius 3 is 2.42 bits per heavy atom. The number of anilines is 1. The van der Waals surface area contributed by atoms with Crippen LogP contribution in [0.4, 0.5) is 5.69 Å². The molecule has 0 saturated heterocycles. The van der Waals surface area contributed by atoms with Crippen LogP contribution in [0.25, 0.3) is 22.2 Å². The highest BCUT2D eigenvalue weighted by Gasteiger charge is 2.28. The SMILES string of the molecule is COC(=O)c1ccc(NC(=O)C(CCCCn2cc(-c3ccccc3)c3cccnc32)C2CCCCCC2)cc1. The summed E-state index contributed by atoms with van der Waals surface area (Å²) in [5.74, 6) is 0.112. The van der Waals surface area contributed by atoms with Gasteiger partial charge < -0.3 is 14.6 Å². The van der Waals surface area contributed by atoms with E-state index in [-0.39, 0.29) is 17.8 Å². The van der Waals surface area contributed by atoms with Gasteiger partial charge in [-0.05, 0) is 73.6 Å². The summed E-state index contributed by atoms with van der Waals surface area (Å²) in [4.78, 5) is 30.0. The Labute approximate surface area is 236 Å². The average Bonchev–Trinajstić information content (AvgIpc) is 3.15. The van der Waals surface area contributed by atoms with Gasteiger partial charge in [0.05, 0.1) is 12.7 Å². The minimum absolute atomic E-state index is 0.0159. The van der Waals surface area contributed by atoms with Crippen molar-refractivity contribution < 1.29 is 14.3 Å². The summed E-state index contributed by atoms with van der Waals surface area (Å²) in [6.45, 7) is 0.869. The zero-order valence-electron chi connectivity index (χ0n) is 23.4. The molecule has 1 unspecified atom stereocenters. The molecular formula is C34H39N3O3. The zero-order chi connectivity index (χ0) is 27.7. The van der Waals surface area contributed by atoms with E-state index in [9.17, 15) is 9.59 Å². The first-order chi connectivity index (χ1) is 19.6. The Balaban J connectivity index is 1.25. The van der Waals surface area contributed by atoms with Crippen LogP contribution in [0.3, 0.4) is 0 Å². The van der Waals surface area contributed by atoms with Gasteiger partial charge in [0.25, 0.3) is 0 Å². The monoisotopic (exact) mass is 537 g/mol. The predicted molar refractivity (Wildman–Crippen MR) is 160 cm³/mol. The first-order valence-electron chi connectivity index (χ1n) is 14.6. The molecule has 1 aliphatic carbocycles. The van der Waals surface area contributed by atoms with Gasteiger partial charge in [-0.3, -0.25) is 4.79 Å². The quantitative estimate of drug-likeness (QED) is 0.127. The van der Waals surface area contributed by atoms with Gasteiger partial charge in [0.2, 0.25) is 5.91 Å². The number of nitrogens with one attached hydrogen (secondary N) is 1. The van der Waals surface area contributed by atoms with Crippen LogP contribution in [0, 0.1) is 11.8 Å². The maximum atomic E-state index is 13.6. The fourth-order valence-electron chi connectivity index (χ4n) is 6.12. The number of unbranched alkanes of at least 4 members (excludes halogenated alkanes) is 1. The van der Waals surface area contributed by atoms with E-state index in [1.54, 1.807) is 24.3 Å². The highest BCUT2D eigenvalue weighted by molar-refractivity contribution is 5.95. The maximum Gasteiger partial charge on any atom is 0.337 e. The van der Waals surface area contributed by atoms with Crippen LogP contribution in [0.2, 0.25) is 0 Å². The van der Waals surface area contributed by atoms with Crippen molar-refractivity contribution in [2.45, 2.75) is 64.3 Å². The number of ether oxygens (including phenoxy) is 1. The van der Waals surface area contributed by atoms with E-state index in [1.165, 1.54) is 49.3 Å². The Morgan fingerprint density at radius 1 is 0.950 bits per heavy atom. The second-order valence-electron chi connectivity index (χ2n) is 10.9. The summed E-state index contributed by atoms with van der Waals surface area (Å²) in [6.07, 6.45) is 14.1. The summed E-state index contributed by atoms with van der Waals surface area (Å²) in [7, 11) is 1.37. The molecule has 5 rings (SSSR count). The van der Waals surface area contributed by atoms with Crippen molar-refractivity contribution >= 4 is 28.6 Å². The molecular weight excluding hydrogens is 498 g/mol. The molecule has 1 N–H and O–H groups in total. The first kappa shape index (κ1) is 27.6. The number of hydrogen-bond donors (Lipinski definition) is 1. The Hall–Kier alpha value is -3.93. The van der Waals surface area contributed by atoms with Crippen LogP contribution >= 0.6 is 0 Å². The molecule has 0 spiro atoms. The Morgan fingerprint density at radius 2 is 1.70 bits per heavy atom. The topological polar surface area (TPSA) is 73.2 Å². The van der Waals surface area contributed by atoms with E-state index in [1.807, 2.05) is 18.3 Å². The number of hydrogen-bond acceptors (Lipinski definition) is 4. The number of benzene rings is 2. The van der Waals surface area contributed by atoms with Crippen molar-refractivity contribution in [1.82, 2.24) is 9.55 Å². The van der Waals surface area contributed by atoms with Crippen LogP contribution < -0.4 is 5.32 Å². The summed E-state index contributed by atoms with van der Waals surface area (Å²) >= 11 is 0. The number of nitrogens with zero attached hydrogens (tertiary/aromatic N) is 2. The van der Waals surface area contributed by atoms with Gasteiger partial charge in [0, 0.05) is 41.5 Å². The molecule has 0 radical (unpaired) electrons. The third kappa shape index (κ3) is 6.61. The van der Waals surface area contributed by atoms with Gasteiger partial charge in [0.15, 0.2) is 0 Å². The molecule has 6 nitrogen and oxygen atoms in total. The number of methoxy groups -OCH3 is 1. The van der Waals surface area contributed by atoms with E-state index >= 15 is 0 Å². The number of rotatable bonds is 10.